The Balaban J connectivity index is 1.96. The maximum atomic E-state index is 13.1. The second-order valence-corrected chi connectivity index (χ2v) is 7.14. The van der Waals surface area contributed by atoms with Crippen LogP contribution in [0.1, 0.15) is 16.7 Å². The molecule has 0 bridgehead atoms. The molecule has 0 heterocycles. The molecule has 9 heteroatoms. The van der Waals surface area contributed by atoms with Crippen molar-refractivity contribution in [1.82, 2.24) is 4.90 Å². The summed E-state index contributed by atoms with van der Waals surface area (Å²) in [7, 11) is 1.52. The molecule has 0 radical (unpaired) electrons. The molecule has 2 amide bonds. The van der Waals surface area contributed by atoms with E-state index in [1.54, 1.807) is 6.07 Å². The van der Waals surface area contributed by atoms with Crippen LogP contribution >= 0.6 is 11.6 Å². The predicted molar refractivity (Wildman–Crippen MR) is 107 cm³/mol. The van der Waals surface area contributed by atoms with E-state index in [2.05, 4.69) is 10.6 Å². The zero-order chi connectivity index (χ0) is 21.8. The van der Waals surface area contributed by atoms with Crippen molar-refractivity contribution >= 4 is 34.8 Å². The minimum Gasteiger partial charge on any atom is -0.325 e. The van der Waals surface area contributed by atoms with E-state index in [1.165, 1.54) is 18.0 Å². The molecule has 0 aliphatic rings. The van der Waals surface area contributed by atoms with Crippen LogP contribution in [0.2, 0.25) is 5.02 Å². The fourth-order valence-electron chi connectivity index (χ4n) is 2.67. The molecule has 156 valence electrons. The number of carbonyl (C=O) groups excluding carboxylic acids is 2. The molecule has 5 nitrogen and oxygen atoms in total. The molecule has 2 aromatic carbocycles. The van der Waals surface area contributed by atoms with Gasteiger partial charge in [0.2, 0.25) is 11.8 Å². The van der Waals surface area contributed by atoms with Crippen LogP contribution in [-0.4, -0.2) is 36.9 Å². The summed E-state index contributed by atoms with van der Waals surface area (Å²) in [5, 5.41) is 4.90. The van der Waals surface area contributed by atoms with Crippen molar-refractivity contribution in [2.24, 2.45) is 0 Å². The van der Waals surface area contributed by atoms with Gasteiger partial charge >= 0.3 is 6.18 Å². The van der Waals surface area contributed by atoms with Gasteiger partial charge in [-0.05, 0) is 56.3 Å². The zero-order valence-electron chi connectivity index (χ0n) is 16.2. The van der Waals surface area contributed by atoms with E-state index in [1.807, 2.05) is 26.0 Å². The van der Waals surface area contributed by atoms with Crippen LogP contribution in [0.25, 0.3) is 0 Å². The number of nitrogens with zero attached hydrogens (tertiary/aromatic N) is 1. The Kier molecular flexibility index (Phi) is 7.26. The SMILES string of the molecule is Cc1cccc(NC(=O)CN(C)CC(=O)Nc2ccc(Cl)cc2C(F)(F)F)c1C. The van der Waals surface area contributed by atoms with Crippen LogP contribution in [-0.2, 0) is 15.8 Å². The van der Waals surface area contributed by atoms with Gasteiger partial charge in [0.05, 0.1) is 24.3 Å². The summed E-state index contributed by atoms with van der Waals surface area (Å²) >= 11 is 5.62. The third-order valence-corrected chi connectivity index (χ3v) is 4.50. The Morgan fingerprint density at radius 3 is 2.17 bits per heavy atom. The standard InChI is InChI=1S/C20H21ClF3N3O2/c1-12-5-4-6-16(13(12)2)25-18(28)10-27(3)11-19(29)26-17-8-7-14(21)9-15(17)20(22,23)24/h4-9H,10-11H2,1-3H3,(H,25,28)(H,26,29). The first-order chi connectivity index (χ1) is 13.5. The number of alkyl halides is 3. The number of halogens is 4. The van der Waals surface area contributed by atoms with Crippen molar-refractivity contribution in [1.29, 1.82) is 0 Å². The quantitative estimate of drug-likeness (QED) is 0.714. The number of rotatable bonds is 6. The first kappa shape index (κ1) is 22.7. The number of hydrogen-bond donors (Lipinski definition) is 2. The number of benzene rings is 2. The smallest absolute Gasteiger partial charge is 0.325 e. The van der Waals surface area contributed by atoms with Crippen LogP contribution < -0.4 is 10.6 Å². The second kappa shape index (κ2) is 9.28. The van der Waals surface area contributed by atoms with Crippen molar-refractivity contribution in [2.45, 2.75) is 20.0 Å². The van der Waals surface area contributed by atoms with Crippen LogP contribution in [0, 0.1) is 13.8 Å². The fourth-order valence-corrected chi connectivity index (χ4v) is 2.84. The molecule has 0 aromatic heterocycles. The maximum absolute atomic E-state index is 13.1. The van der Waals surface area contributed by atoms with E-state index in [0.29, 0.717) is 5.69 Å². The lowest BCUT2D eigenvalue weighted by Crippen LogP contribution is -2.36. The first-order valence-corrected chi connectivity index (χ1v) is 9.06. The van der Waals surface area contributed by atoms with Crippen molar-refractivity contribution in [3.63, 3.8) is 0 Å². The van der Waals surface area contributed by atoms with E-state index >= 15 is 0 Å². The van der Waals surface area contributed by atoms with Gasteiger partial charge in [0.1, 0.15) is 0 Å². The summed E-state index contributed by atoms with van der Waals surface area (Å²) in [5.74, 6) is -1.02. The van der Waals surface area contributed by atoms with Crippen LogP contribution in [0.5, 0.6) is 0 Å². The monoisotopic (exact) mass is 427 g/mol. The Labute approximate surface area is 171 Å². The highest BCUT2D eigenvalue weighted by Gasteiger charge is 2.34. The van der Waals surface area contributed by atoms with Crippen LogP contribution in [0.15, 0.2) is 36.4 Å². The van der Waals surface area contributed by atoms with Gasteiger partial charge in [0.25, 0.3) is 0 Å². The summed E-state index contributed by atoms with van der Waals surface area (Å²) in [5.41, 5.74) is 1.21. The van der Waals surface area contributed by atoms with Gasteiger partial charge in [-0.25, -0.2) is 0 Å². The molecule has 0 unspecified atom stereocenters. The van der Waals surface area contributed by atoms with Crippen LogP contribution in [0.4, 0.5) is 24.5 Å². The molecule has 0 saturated carbocycles. The second-order valence-electron chi connectivity index (χ2n) is 6.70. The highest BCUT2D eigenvalue weighted by atomic mass is 35.5. The van der Waals surface area contributed by atoms with E-state index in [0.717, 1.165) is 23.3 Å². The Morgan fingerprint density at radius 2 is 1.59 bits per heavy atom. The first-order valence-electron chi connectivity index (χ1n) is 8.68. The Hall–Kier alpha value is -2.58. The lowest BCUT2D eigenvalue weighted by Gasteiger charge is -2.18. The number of hydrogen-bond acceptors (Lipinski definition) is 3. The van der Waals surface area contributed by atoms with E-state index in [9.17, 15) is 22.8 Å². The number of amides is 2. The van der Waals surface area contributed by atoms with Gasteiger partial charge in [-0.1, -0.05) is 23.7 Å². The summed E-state index contributed by atoms with van der Waals surface area (Å²) in [6, 6.07) is 8.61. The van der Waals surface area contributed by atoms with E-state index in [4.69, 9.17) is 11.6 Å². The molecule has 0 spiro atoms. The maximum Gasteiger partial charge on any atom is 0.418 e. The van der Waals surface area contributed by atoms with Gasteiger partial charge in [-0.15, -0.1) is 0 Å². The highest BCUT2D eigenvalue weighted by Crippen LogP contribution is 2.36. The normalized spacial score (nSPS) is 11.4. The lowest BCUT2D eigenvalue weighted by molar-refractivity contribution is -0.137. The molecule has 2 N–H and O–H groups in total. The van der Waals surface area contributed by atoms with Crippen molar-refractivity contribution in [3.8, 4) is 0 Å². The molecule has 0 saturated heterocycles. The van der Waals surface area contributed by atoms with E-state index in [-0.39, 0.29) is 29.7 Å². The number of aryl methyl sites for hydroxylation is 1. The minimum atomic E-state index is -4.66. The van der Waals surface area contributed by atoms with E-state index < -0.39 is 17.6 Å². The third-order valence-electron chi connectivity index (χ3n) is 4.27. The van der Waals surface area contributed by atoms with Gasteiger partial charge < -0.3 is 10.6 Å². The molecule has 2 rings (SSSR count). The number of anilines is 2. The molecule has 0 aliphatic heterocycles. The predicted octanol–water partition coefficient (Wildman–Crippen LogP) is 4.48. The average Bonchev–Trinajstić information content (AvgIpc) is 2.59. The third kappa shape index (κ3) is 6.47. The molecule has 0 aliphatic carbocycles. The summed E-state index contributed by atoms with van der Waals surface area (Å²) in [6.45, 7) is 3.44. The minimum absolute atomic E-state index is 0.0874. The van der Waals surface area contributed by atoms with Gasteiger partial charge in [0.15, 0.2) is 0 Å². The largest absolute Gasteiger partial charge is 0.418 e. The number of likely N-dealkylation sites (N-methyl/N-ethyl adjacent to an activating group) is 1. The van der Waals surface area contributed by atoms with Crippen molar-refractivity contribution in [3.05, 3.63) is 58.1 Å². The number of carbonyl (C=O) groups is 2. The Morgan fingerprint density at radius 1 is 1.00 bits per heavy atom. The zero-order valence-corrected chi connectivity index (χ0v) is 16.9. The molecular weight excluding hydrogens is 407 g/mol. The van der Waals surface area contributed by atoms with Crippen molar-refractivity contribution in [2.75, 3.05) is 30.8 Å². The van der Waals surface area contributed by atoms with Gasteiger partial charge in [0, 0.05) is 10.7 Å². The summed E-state index contributed by atoms with van der Waals surface area (Å²) in [6.07, 6.45) is -4.66. The van der Waals surface area contributed by atoms with Crippen LogP contribution in [0.3, 0.4) is 0 Å². The lowest BCUT2D eigenvalue weighted by atomic mass is 10.1. The molecule has 0 fully saturated rings. The highest BCUT2D eigenvalue weighted by molar-refractivity contribution is 6.30. The van der Waals surface area contributed by atoms with Gasteiger partial charge in [-0.3, -0.25) is 14.5 Å². The molecular formula is C20H21ClF3N3O2. The van der Waals surface area contributed by atoms with Gasteiger partial charge in [-0.2, -0.15) is 13.2 Å². The number of nitrogens with one attached hydrogen (secondary N) is 2. The fraction of sp³-hybridized carbons (Fsp3) is 0.300. The van der Waals surface area contributed by atoms with Crippen molar-refractivity contribution < 1.29 is 22.8 Å². The Bertz CT molecular complexity index is 916. The topological polar surface area (TPSA) is 61.4 Å². The molecule has 29 heavy (non-hydrogen) atoms. The molecule has 2 aromatic rings. The summed E-state index contributed by atoms with van der Waals surface area (Å²) < 4.78 is 39.3. The summed E-state index contributed by atoms with van der Waals surface area (Å²) in [4.78, 5) is 25.7. The molecule has 0 atom stereocenters. The average molecular weight is 428 g/mol.